The summed E-state index contributed by atoms with van der Waals surface area (Å²) in [5.74, 6) is 0.481. The highest BCUT2D eigenvalue weighted by atomic mass is 32.2. The van der Waals surface area contributed by atoms with E-state index in [2.05, 4.69) is 23.6 Å². The Morgan fingerprint density at radius 1 is 1.22 bits per heavy atom. The van der Waals surface area contributed by atoms with Crippen molar-refractivity contribution in [2.45, 2.75) is 46.1 Å². The lowest BCUT2D eigenvalue weighted by atomic mass is 10.0. The van der Waals surface area contributed by atoms with Crippen LogP contribution in [0.4, 0.5) is 0 Å². The Kier molecular flexibility index (Phi) is 5.59. The molecule has 2 N–H and O–H groups in total. The smallest absolute Gasteiger partial charge is 0.252 e. The molecule has 2 aromatic rings. The zero-order valence-electron chi connectivity index (χ0n) is 13.8. The number of aromatic nitrogens is 1. The second kappa shape index (κ2) is 7.27. The zero-order valence-corrected chi connectivity index (χ0v) is 14.7. The van der Waals surface area contributed by atoms with Gasteiger partial charge in [0, 0.05) is 17.6 Å². The maximum Gasteiger partial charge on any atom is 0.252 e. The lowest BCUT2D eigenvalue weighted by Crippen LogP contribution is -2.28. The first-order valence-electron chi connectivity index (χ1n) is 7.95. The molecule has 0 saturated carbocycles. The summed E-state index contributed by atoms with van der Waals surface area (Å²) in [6, 6.07) is 7.69. The largest absolute Gasteiger partial charge is 0.322 e. The van der Waals surface area contributed by atoms with Crippen LogP contribution in [0.1, 0.15) is 50.7 Å². The van der Waals surface area contributed by atoms with Crippen molar-refractivity contribution in [1.29, 1.82) is 0 Å². The molecule has 0 unspecified atom stereocenters. The van der Waals surface area contributed by atoms with Crippen LogP contribution in [-0.4, -0.2) is 19.2 Å². The average molecular weight is 336 g/mol. The minimum atomic E-state index is -3.34. The molecule has 0 spiro atoms. The van der Waals surface area contributed by atoms with Crippen LogP contribution in [0.2, 0.25) is 0 Å². The van der Waals surface area contributed by atoms with E-state index < -0.39 is 10.0 Å². The summed E-state index contributed by atoms with van der Waals surface area (Å²) in [5.41, 5.74) is 2.11. The fraction of sp³-hybridized carbons (Fsp3) is 0.471. The van der Waals surface area contributed by atoms with Gasteiger partial charge in [-0.2, -0.15) is 0 Å². The summed E-state index contributed by atoms with van der Waals surface area (Å²) < 4.78 is 26.2. The Balaban J connectivity index is 2.26. The van der Waals surface area contributed by atoms with Crippen molar-refractivity contribution in [2.75, 3.05) is 5.75 Å². The molecule has 0 atom stereocenters. The summed E-state index contributed by atoms with van der Waals surface area (Å²) in [6.07, 6.45) is 1.43. The third-order valence-electron chi connectivity index (χ3n) is 3.86. The van der Waals surface area contributed by atoms with Crippen molar-refractivity contribution in [1.82, 2.24) is 9.71 Å². The number of sulfonamides is 1. The van der Waals surface area contributed by atoms with Crippen molar-refractivity contribution in [2.24, 2.45) is 0 Å². The number of rotatable bonds is 7. The van der Waals surface area contributed by atoms with Crippen molar-refractivity contribution >= 4 is 20.9 Å². The lowest BCUT2D eigenvalue weighted by molar-refractivity contribution is 0.577. The molecule has 1 aromatic carbocycles. The second-order valence-corrected chi connectivity index (χ2v) is 8.05. The number of pyridine rings is 1. The topological polar surface area (TPSA) is 79.0 Å². The standard InChI is InChI=1S/C17H24N2O3S/c1-4-5-8-23(21,22)18-11-15-10-14-9-13(12(2)3)6-7-16(14)19-17(15)20/h6-7,9-10,12,18H,4-5,8,11H2,1-3H3,(H,19,20). The molecule has 2 rings (SSSR count). The van der Waals surface area contributed by atoms with E-state index >= 15 is 0 Å². The number of nitrogens with one attached hydrogen (secondary N) is 2. The highest BCUT2D eigenvalue weighted by molar-refractivity contribution is 7.89. The average Bonchev–Trinajstić information content (AvgIpc) is 2.50. The molecule has 0 aliphatic carbocycles. The Bertz CT molecular complexity index is 839. The van der Waals surface area contributed by atoms with E-state index in [0.29, 0.717) is 17.9 Å². The van der Waals surface area contributed by atoms with Crippen molar-refractivity contribution < 1.29 is 8.42 Å². The number of fused-ring (bicyclic) bond motifs is 1. The third-order valence-corrected chi connectivity index (χ3v) is 5.27. The van der Waals surface area contributed by atoms with E-state index in [0.717, 1.165) is 17.3 Å². The first-order chi connectivity index (χ1) is 10.8. The quantitative estimate of drug-likeness (QED) is 0.816. The van der Waals surface area contributed by atoms with Gasteiger partial charge in [0.1, 0.15) is 0 Å². The summed E-state index contributed by atoms with van der Waals surface area (Å²) in [6.45, 7) is 6.17. The molecule has 1 heterocycles. The summed E-state index contributed by atoms with van der Waals surface area (Å²) >= 11 is 0. The van der Waals surface area contributed by atoms with Gasteiger partial charge in [-0.05, 0) is 41.5 Å². The highest BCUT2D eigenvalue weighted by Crippen LogP contribution is 2.20. The first-order valence-corrected chi connectivity index (χ1v) is 9.61. The number of hydrogen-bond donors (Lipinski definition) is 2. The van der Waals surface area contributed by atoms with Crippen molar-refractivity contribution in [3.05, 3.63) is 45.7 Å². The van der Waals surface area contributed by atoms with Gasteiger partial charge in [-0.25, -0.2) is 13.1 Å². The van der Waals surface area contributed by atoms with Crippen LogP contribution in [0.25, 0.3) is 10.9 Å². The second-order valence-electron chi connectivity index (χ2n) is 6.12. The molecule has 0 radical (unpaired) electrons. The van der Waals surface area contributed by atoms with E-state index in [1.807, 2.05) is 25.1 Å². The maximum absolute atomic E-state index is 12.1. The number of unbranched alkanes of at least 4 members (excludes halogenated alkanes) is 1. The van der Waals surface area contributed by atoms with Crippen LogP contribution >= 0.6 is 0 Å². The molecule has 0 aliphatic heterocycles. The Morgan fingerprint density at radius 3 is 2.61 bits per heavy atom. The molecule has 126 valence electrons. The Morgan fingerprint density at radius 2 is 1.96 bits per heavy atom. The minimum absolute atomic E-state index is 0.0171. The van der Waals surface area contributed by atoms with Gasteiger partial charge >= 0.3 is 0 Å². The normalized spacial score (nSPS) is 12.2. The van der Waals surface area contributed by atoms with Crippen LogP contribution in [-0.2, 0) is 16.6 Å². The maximum atomic E-state index is 12.1. The van der Waals surface area contributed by atoms with Gasteiger partial charge in [0.25, 0.3) is 5.56 Å². The zero-order chi connectivity index (χ0) is 17.0. The number of H-pyrrole nitrogens is 1. The van der Waals surface area contributed by atoms with Gasteiger partial charge < -0.3 is 4.98 Å². The molecule has 6 heteroatoms. The molecule has 1 aromatic heterocycles. The van der Waals surface area contributed by atoms with Gasteiger partial charge in [0.15, 0.2) is 0 Å². The third kappa shape index (κ3) is 4.65. The van der Waals surface area contributed by atoms with Gasteiger partial charge in [-0.1, -0.05) is 33.3 Å². The van der Waals surface area contributed by atoms with Crippen LogP contribution in [0.15, 0.2) is 29.1 Å². The van der Waals surface area contributed by atoms with Crippen molar-refractivity contribution in [3.63, 3.8) is 0 Å². The lowest BCUT2D eigenvalue weighted by Gasteiger charge is -2.09. The van der Waals surface area contributed by atoms with Gasteiger partial charge in [0.2, 0.25) is 10.0 Å². The van der Waals surface area contributed by atoms with Crippen LogP contribution in [0, 0.1) is 0 Å². The summed E-state index contributed by atoms with van der Waals surface area (Å²) in [5, 5.41) is 0.915. The number of benzene rings is 1. The molecular weight excluding hydrogens is 312 g/mol. The summed E-state index contributed by atoms with van der Waals surface area (Å²) in [4.78, 5) is 14.9. The molecular formula is C17H24N2O3S. The van der Waals surface area contributed by atoms with E-state index in [1.165, 1.54) is 5.56 Å². The number of aromatic amines is 1. The Labute approximate surface area is 137 Å². The van der Waals surface area contributed by atoms with Crippen LogP contribution < -0.4 is 10.3 Å². The monoisotopic (exact) mass is 336 g/mol. The molecule has 0 aliphatic rings. The molecule has 23 heavy (non-hydrogen) atoms. The van der Waals surface area contributed by atoms with E-state index in [9.17, 15) is 13.2 Å². The predicted octanol–water partition coefficient (Wildman–Crippen LogP) is 2.87. The molecule has 0 saturated heterocycles. The predicted molar refractivity (Wildman–Crippen MR) is 94.2 cm³/mol. The fourth-order valence-corrected chi connectivity index (χ4v) is 3.54. The van der Waals surface area contributed by atoms with Gasteiger partial charge in [0.05, 0.1) is 5.75 Å². The molecule has 0 fully saturated rings. The number of hydrogen-bond acceptors (Lipinski definition) is 3. The van der Waals surface area contributed by atoms with Crippen LogP contribution in [0.5, 0.6) is 0 Å². The first kappa shape index (κ1) is 17.7. The van der Waals surface area contributed by atoms with Crippen LogP contribution in [0.3, 0.4) is 0 Å². The minimum Gasteiger partial charge on any atom is -0.322 e. The molecule has 0 bridgehead atoms. The molecule has 5 nitrogen and oxygen atoms in total. The van der Waals surface area contributed by atoms with E-state index in [1.54, 1.807) is 6.07 Å². The molecule has 0 amide bonds. The Hall–Kier alpha value is -1.66. The highest BCUT2D eigenvalue weighted by Gasteiger charge is 2.11. The fourth-order valence-electron chi connectivity index (χ4n) is 2.35. The SMILES string of the molecule is CCCCS(=O)(=O)NCc1cc2cc(C(C)C)ccc2[nH]c1=O. The van der Waals surface area contributed by atoms with Gasteiger partial charge in [-0.3, -0.25) is 4.79 Å². The van der Waals surface area contributed by atoms with E-state index in [-0.39, 0.29) is 17.9 Å². The van der Waals surface area contributed by atoms with Crippen molar-refractivity contribution in [3.8, 4) is 0 Å². The van der Waals surface area contributed by atoms with E-state index in [4.69, 9.17) is 0 Å². The van der Waals surface area contributed by atoms with Gasteiger partial charge in [-0.15, -0.1) is 0 Å². The summed E-state index contributed by atoms with van der Waals surface area (Å²) in [7, 11) is -3.34.